The van der Waals surface area contributed by atoms with E-state index in [1.54, 1.807) is 0 Å². The minimum atomic E-state index is 0.473. The molecule has 1 aromatic rings. The maximum atomic E-state index is 2.39. The van der Waals surface area contributed by atoms with Crippen LogP contribution in [0.5, 0.6) is 0 Å². The molecule has 0 spiro atoms. The van der Waals surface area contributed by atoms with Gasteiger partial charge in [0, 0.05) is 0 Å². The molecule has 2 unspecified atom stereocenters. The molecule has 1 aromatic carbocycles. The minimum absolute atomic E-state index is 0.473. The fourth-order valence-corrected chi connectivity index (χ4v) is 2.11. The third kappa shape index (κ3) is 0.979. The first-order valence-electron chi connectivity index (χ1n) is 4.79. The van der Waals surface area contributed by atoms with E-state index in [0.29, 0.717) is 5.41 Å². The average Bonchev–Trinajstić information content (AvgIpc) is 2.16. The molecule has 64 valence electrons. The Morgan fingerprint density at radius 1 is 1.25 bits per heavy atom. The van der Waals surface area contributed by atoms with Crippen molar-refractivity contribution in [2.75, 3.05) is 0 Å². The lowest BCUT2D eigenvalue weighted by Gasteiger charge is -2.46. The van der Waals surface area contributed by atoms with E-state index < -0.39 is 0 Å². The van der Waals surface area contributed by atoms with Crippen LogP contribution >= 0.6 is 0 Å². The maximum Gasteiger partial charge on any atom is -0.00495 e. The van der Waals surface area contributed by atoms with E-state index in [0.717, 1.165) is 5.92 Å². The SMILES string of the molecule is CC1CCC1(C)c1ccccc1. The van der Waals surface area contributed by atoms with Crippen LogP contribution < -0.4 is 0 Å². The molecule has 1 saturated carbocycles. The van der Waals surface area contributed by atoms with Crippen molar-refractivity contribution in [2.45, 2.75) is 32.1 Å². The van der Waals surface area contributed by atoms with Crippen molar-refractivity contribution in [3.63, 3.8) is 0 Å². The van der Waals surface area contributed by atoms with Crippen LogP contribution in [0.3, 0.4) is 0 Å². The molecule has 1 aliphatic rings. The van der Waals surface area contributed by atoms with Crippen molar-refractivity contribution in [1.29, 1.82) is 0 Å². The highest BCUT2D eigenvalue weighted by Crippen LogP contribution is 2.47. The van der Waals surface area contributed by atoms with Gasteiger partial charge < -0.3 is 0 Å². The first-order chi connectivity index (χ1) is 5.73. The standard InChI is InChI=1S/C12H16/c1-10-8-9-12(10,2)11-6-4-3-5-7-11/h3-7,10H,8-9H2,1-2H3. The van der Waals surface area contributed by atoms with Crippen molar-refractivity contribution < 1.29 is 0 Å². The highest BCUT2D eigenvalue weighted by Gasteiger charge is 2.40. The molecule has 0 N–H and O–H groups in total. The quantitative estimate of drug-likeness (QED) is 0.591. The van der Waals surface area contributed by atoms with Gasteiger partial charge in [-0.2, -0.15) is 0 Å². The summed E-state index contributed by atoms with van der Waals surface area (Å²) in [7, 11) is 0. The van der Waals surface area contributed by atoms with E-state index in [-0.39, 0.29) is 0 Å². The van der Waals surface area contributed by atoms with Gasteiger partial charge in [0.2, 0.25) is 0 Å². The van der Waals surface area contributed by atoms with Gasteiger partial charge in [-0.3, -0.25) is 0 Å². The first kappa shape index (κ1) is 7.85. The fraction of sp³-hybridized carbons (Fsp3) is 0.500. The first-order valence-corrected chi connectivity index (χ1v) is 4.79. The summed E-state index contributed by atoms with van der Waals surface area (Å²) in [6.07, 6.45) is 2.75. The highest BCUT2D eigenvalue weighted by atomic mass is 14.4. The summed E-state index contributed by atoms with van der Waals surface area (Å²) in [5.74, 6) is 0.861. The van der Waals surface area contributed by atoms with Gasteiger partial charge in [0.1, 0.15) is 0 Å². The Labute approximate surface area is 74.6 Å². The normalized spacial score (nSPS) is 34.3. The van der Waals surface area contributed by atoms with Gasteiger partial charge in [0.05, 0.1) is 0 Å². The lowest BCUT2D eigenvalue weighted by Crippen LogP contribution is -2.39. The Kier molecular flexibility index (Phi) is 1.71. The van der Waals surface area contributed by atoms with E-state index >= 15 is 0 Å². The molecule has 0 aromatic heterocycles. The van der Waals surface area contributed by atoms with Crippen LogP contribution in [0.25, 0.3) is 0 Å². The predicted octanol–water partition coefficient (Wildman–Crippen LogP) is 3.37. The summed E-state index contributed by atoms with van der Waals surface area (Å²) in [5.41, 5.74) is 1.99. The van der Waals surface area contributed by atoms with Crippen molar-refractivity contribution in [3.8, 4) is 0 Å². The molecule has 1 fully saturated rings. The zero-order valence-electron chi connectivity index (χ0n) is 7.88. The molecule has 0 bridgehead atoms. The number of benzene rings is 1. The molecule has 2 rings (SSSR count). The second kappa shape index (κ2) is 2.62. The smallest absolute Gasteiger partial charge is 0.00495 e. The van der Waals surface area contributed by atoms with Crippen molar-refractivity contribution in [1.82, 2.24) is 0 Å². The minimum Gasteiger partial charge on any atom is -0.0622 e. The van der Waals surface area contributed by atoms with Crippen molar-refractivity contribution >= 4 is 0 Å². The monoisotopic (exact) mass is 160 g/mol. The van der Waals surface area contributed by atoms with Crippen molar-refractivity contribution in [2.24, 2.45) is 5.92 Å². The summed E-state index contributed by atoms with van der Waals surface area (Å²) < 4.78 is 0. The van der Waals surface area contributed by atoms with E-state index in [2.05, 4.69) is 44.2 Å². The predicted molar refractivity (Wildman–Crippen MR) is 52.2 cm³/mol. The van der Waals surface area contributed by atoms with Gasteiger partial charge in [-0.25, -0.2) is 0 Å². The molecule has 0 nitrogen and oxygen atoms in total. The molecule has 0 saturated heterocycles. The van der Waals surface area contributed by atoms with Crippen molar-refractivity contribution in [3.05, 3.63) is 35.9 Å². The average molecular weight is 160 g/mol. The lowest BCUT2D eigenvalue weighted by molar-refractivity contribution is 0.159. The van der Waals surface area contributed by atoms with Gasteiger partial charge in [-0.15, -0.1) is 0 Å². The molecular weight excluding hydrogens is 144 g/mol. The molecular formula is C12H16. The van der Waals surface area contributed by atoms with Crippen LogP contribution in [0, 0.1) is 5.92 Å². The molecule has 0 heterocycles. The third-order valence-corrected chi connectivity index (χ3v) is 3.62. The van der Waals surface area contributed by atoms with Crippen LogP contribution in [-0.2, 0) is 5.41 Å². The molecule has 2 atom stereocenters. The van der Waals surface area contributed by atoms with Gasteiger partial charge in [0.15, 0.2) is 0 Å². The van der Waals surface area contributed by atoms with E-state index in [1.807, 2.05) is 0 Å². The Morgan fingerprint density at radius 2 is 1.92 bits per heavy atom. The summed E-state index contributed by atoms with van der Waals surface area (Å²) in [5, 5.41) is 0. The van der Waals surface area contributed by atoms with E-state index in [1.165, 1.54) is 18.4 Å². The van der Waals surface area contributed by atoms with Gasteiger partial charge >= 0.3 is 0 Å². The summed E-state index contributed by atoms with van der Waals surface area (Å²) in [4.78, 5) is 0. The number of rotatable bonds is 1. The van der Waals surface area contributed by atoms with Crippen LogP contribution in [-0.4, -0.2) is 0 Å². The summed E-state index contributed by atoms with van der Waals surface area (Å²) >= 11 is 0. The molecule has 0 radical (unpaired) electrons. The zero-order valence-corrected chi connectivity index (χ0v) is 7.88. The number of hydrogen-bond donors (Lipinski definition) is 0. The summed E-state index contributed by atoms with van der Waals surface area (Å²) in [6.45, 7) is 4.74. The van der Waals surface area contributed by atoms with Crippen LogP contribution in [0.4, 0.5) is 0 Å². The second-order valence-electron chi connectivity index (χ2n) is 4.22. The molecule has 0 heteroatoms. The molecule has 12 heavy (non-hydrogen) atoms. The van der Waals surface area contributed by atoms with Crippen LogP contribution in [0.2, 0.25) is 0 Å². The Balaban J connectivity index is 2.31. The Hall–Kier alpha value is -0.780. The Morgan fingerprint density at radius 3 is 2.33 bits per heavy atom. The molecule has 0 aliphatic heterocycles. The summed E-state index contributed by atoms with van der Waals surface area (Å²) in [6, 6.07) is 10.9. The van der Waals surface area contributed by atoms with Gasteiger partial charge in [-0.1, -0.05) is 44.2 Å². The second-order valence-corrected chi connectivity index (χ2v) is 4.22. The van der Waals surface area contributed by atoms with E-state index in [9.17, 15) is 0 Å². The fourth-order valence-electron chi connectivity index (χ4n) is 2.11. The van der Waals surface area contributed by atoms with Gasteiger partial charge in [-0.05, 0) is 29.7 Å². The lowest BCUT2D eigenvalue weighted by atomic mass is 9.59. The zero-order chi connectivity index (χ0) is 8.60. The Bertz CT molecular complexity index is 263. The topological polar surface area (TPSA) is 0 Å². The largest absolute Gasteiger partial charge is 0.0622 e. The number of hydrogen-bond acceptors (Lipinski definition) is 0. The van der Waals surface area contributed by atoms with Crippen LogP contribution in [0.15, 0.2) is 30.3 Å². The van der Waals surface area contributed by atoms with E-state index in [4.69, 9.17) is 0 Å². The molecule has 1 aliphatic carbocycles. The third-order valence-electron chi connectivity index (χ3n) is 3.62. The van der Waals surface area contributed by atoms with Crippen LogP contribution in [0.1, 0.15) is 32.3 Å². The highest BCUT2D eigenvalue weighted by molar-refractivity contribution is 5.27. The molecule has 0 amide bonds. The van der Waals surface area contributed by atoms with Gasteiger partial charge in [0.25, 0.3) is 0 Å². The maximum absolute atomic E-state index is 2.39.